The predicted octanol–water partition coefficient (Wildman–Crippen LogP) is 4.34. The van der Waals surface area contributed by atoms with Crippen molar-refractivity contribution in [2.24, 2.45) is 0 Å². The molecule has 1 atom stereocenters. The molecule has 4 rings (SSSR count). The van der Waals surface area contributed by atoms with Gasteiger partial charge < -0.3 is 0 Å². The lowest BCUT2D eigenvalue weighted by atomic mass is 10.0. The Morgan fingerprint density at radius 3 is 2.31 bits per heavy atom. The Morgan fingerprint density at radius 1 is 0.966 bits per heavy atom. The van der Waals surface area contributed by atoms with E-state index < -0.39 is 10.0 Å². The van der Waals surface area contributed by atoms with Gasteiger partial charge in [0.2, 0.25) is 0 Å². The maximum absolute atomic E-state index is 13.5. The van der Waals surface area contributed by atoms with Crippen LogP contribution in [0.2, 0.25) is 0 Å². The third-order valence-electron chi connectivity index (χ3n) is 5.17. The Morgan fingerprint density at radius 2 is 1.62 bits per heavy atom. The summed E-state index contributed by atoms with van der Waals surface area (Å²) in [5.74, 6) is 2.85. The van der Waals surface area contributed by atoms with Crippen LogP contribution >= 0.6 is 0 Å². The molecule has 29 heavy (non-hydrogen) atoms. The zero-order valence-electron chi connectivity index (χ0n) is 16.2. The molecule has 4 nitrogen and oxygen atoms in total. The molecule has 0 fully saturated rings. The SMILES string of the molecule is C#C[C@H]1c2ccccc2N(S(=O)(=O)c2ccc(C)cc2)CN1Cc1ccccc1. The molecule has 0 unspecified atom stereocenters. The molecule has 146 valence electrons. The van der Waals surface area contributed by atoms with Gasteiger partial charge in [-0.2, -0.15) is 0 Å². The number of rotatable bonds is 4. The second-order valence-corrected chi connectivity index (χ2v) is 9.03. The van der Waals surface area contributed by atoms with E-state index in [0.29, 0.717) is 12.2 Å². The highest BCUT2D eigenvalue weighted by molar-refractivity contribution is 7.92. The van der Waals surface area contributed by atoms with Gasteiger partial charge in [0.15, 0.2) is 0 Å². The highest BCUT2D eigenvalue weighted by atomic mass is 32.2. The second kappa shape index (κ2) is 7.75. The lowest BCUT2D eigenvalue weighted by Gasteiger charge is -2.41. The zero-order chi connectivity index (χ0) is 20.4. The molecule has 3 aromatic rings. The molecule has 1 aliphatic heterocycles. The van der Waals surface area contributed by atoms with Crippen LogP contribution in [0.25, 0.3) is 0 Å². The maximum Gasteiger partial charge on any atom is 0.265 e. The Labute approximate surface area is 172 Å². The number of sulfonamides is 1. The van der Waals surface area contributed by atoms with E-state index in [1.165, 1.54) is 4.31 Å². The van der Waals surface area contributed by atoms with Crippen LogP contribution in [0.5, 0.6) is 0 Å². The summed E-state index contributed by atoms with van der Waals surface area (Å²) in [6.45, 7) is 2.69. The van der Waals surface area contributed by atoms with E-state index in [1.807, 2.05) is 78.6 Å². The molecule has 0 bridgehead atoms. The molecule has 5 heteroatoms. The van der Waals surface area contributed by atoms with Crippen LogP contribution in [0.15, 0.2) is 83.8 Å². The molecule has 0 amide bonds. The molecular weight excluding hydrogens is 380 g/mol. The van der Waals surface area contributed by atoms with E-state index in [1.54, 1.807) is 12.1 Å². The first-order valence-electron chi connectivity index (χ1n) is 9.43. The number of hydrogen-bond donors (Lipinski definition) is 0. The van der Waals surface area contributed by atoms with Gasteiger partial charge in [-0.05, 0) is 30.7 Å². The van der Waals surface area contributed by atoms with E-state index in [9.17, 15) is 8.42 Å². The van der Waals surface area contributed by atoms with Crippen LogP contribution in [0.3, 0.4) is 0 Å². The quantitative estimate of drug-likeness (QED) is 0.610. The van der Waals surface area contributed by atoms with Crippen molar-refractivity contribution in [3.63, 3.8) is 0 Å². The Balaban J connectivity index is 1.79. The molecule has 0 saturated heterocycles. The minimum atomic E-state index is -3.73. The second-order valence-electron chi connectivity index (χ2n) is 7.17. The first-order chi connectivity index (χ1) is 14.0. The van der Waals surface area contributed by atoms with Crippen molar-refractivity contribution in [1.29, 1.82) is 0 Å². The van der Waals surface area contributed by atoms with Crippen molar-refractivity contribution in [1.82, 2.24) is 4.90 Å². The number of nitrogens with zero attached hydrogens (tertiary/aromatic N) is 2. The van der Waals surface area contributed by atoms with E-state index in [2.05, 4.69) is 5.92 Å². The van der Waals surface area contributed by atoms with Gasteiger partial charge in [0.05, 0.1) is 17.3 Å². The van der Waals surface area contributed by atoms with Gasteiger partial charge in [0, 0.05) is 12.1 Å². The summed E-state index contributed by atoms with van der Waals surface area (Å²) in [5.41, 5.74) is 3.56. The molecular formula is C24H22N2O2S. The molecule has 0 saturated carbocycles. The van der Waals surface area contributed by atoms with Gasteiger partial charge in [-0.25, -0.2) is 8.42 Å². The minimum Gasteiger partial charge on any atom is -0.263 e. The monoisotopic (exact) mass is 402 g/mol. The van der Waals surface area contributed by atoms with Crippen molar-refractivity contribution in [2.45, 2.75) is 24.4 Å². The summed E-state index contributed by atoms with van der Waals surface area (Å²) in [4.78, 5) is 2.29. The predicted molar refractivity (Wildman–Crippen MR) is 116 cm³/mol. The highest BCUT2D eigenvalue weighted by Crippen LogP contribution is 2.38. The number of anilines is 1. The molecule has 0 spiro atoms. The summed E-state index contributed by atoms with van der Waals surface area (Å²) < 4.78 is 28.5. The summed E-state index contributed by atoms with van der Waals surface area (Å²) in [6.07, 6.45) is 5.88. The fourth-order valence-electron chi connectivity index (χ4n) is 3.66. The van der Waals surface area contributed by atoms with Crippen molar-refractivity contribution in [3.8, 4) is 12.3 Å². The van der Waals surface area contributed by atoms with E-state index in [-0.39, 0.29) is 17.6 Å². The number of terminal acetylenes is 1. The summed E-state index contributed by atoms with van der Waals surface area (Å²) in [5, 5.41) is 0. The Hall–Kier alpha value is -3.07. The normalized spacial score (nSPS) is 16.8. The van der Waals surface area contributed by atoms with Crippen LogP contribution < -0.4 is 4.31 Å². The molecule has 0 radical (unpaired) electrons. The fourth-order valence-corrected chi connectivity index (χ4v) is 5.12. The van der Waals surface area contributed by atoms with E-state index in [0.717, 1.165) is 16.7 Å². The number of para-hydroxylation sites is 1. The Bertz CT molecular complexity index is 1150. The largest absolute Gasteiger partial charge is 0.265 e. The van der Waals surface area contributed by atoms with Crippen molar-refractivity contribution in [2.75, 3.05) is 11.0 Å². The van der Waals surface area contributed by atoms with Gasteiger partial charge >= 0.3 is 0 Å². The number of fused-ring (bicyclic) bond motifs is 1. The number of aryl methyl sites for hydroxylation is 1. The van der Waals surface area contributed by atoms with Crippen LogP contribution in [-0.4, -0.2) is 20.0 Å². The van der Waals surface area contributed by atoms with E-state index in [4.69, 9.17) is 6.42 Å². The topological polar surface area (TPSA) is 40.6 Å². The first-order valence-corrected chi connectivity index (χ1v) is 10.9. The van der Waals surface area contributed by atoms with Gasteiger partial charge in [0.25, 0.3) is 10.0 Å². The van der Waals surface area contributed by atoms with Crippen LogP contribution in [0, 0.1) is 19.3 Å². The summed E-state index contributed by atoms with van der Waals surface area (Å²) >= 11 is 0. The van der Waals surface area contributed by atoms with Gasteiger partial charge in [-0.1, -0.05) is 72.1 Å². The molecule has 3 aromatic carbocycles. The molecule has 1 aliphatic rings. The van der Waals surface area contributed by atoms with Gasteiger partial charge in [0.1, 0.15) is 6.04 Å². The van der Waals surface area contributed by atoms with Crippen molar-refractivity contribution < 1.29 is 8.42 Å². The number of benzene rings is 3. The Kier molecular flexibility index (Phi) is 5.14. The van der Waals surface area contributed by atoms with Gasteiger partial charge in [-0.15, -0.1) is 6.42 Å². The first kappa shape index (κ1) is 19.3. The minimum absolute atomic E-state index is 0.191. The highest BCUT2D eigenvalue weighted by Gasteiger charge is 2.36. The van der Waals surface area contributed by atoms with Crippen LogP contribution in [0.1, 0.15) is 22.7 Å². The average Bonchev–Trinajstić information content (AvgIpc) is 2.74. The molecule has 0 N–H and O–H groups in total. The lowest BCUT2D eigenvalue weighted by Crippen LogP contribution is -2.47. The fraction of sp³-hybridized carbons (Fsp3) is 0.167. The summed E-state index contributed by atoms with van der Waals surface area (Å²) in [7, 11) is -3.73. The van der Waals surface area contributed by atoms with Gasteiger partial charge in [-0.3, -0.25) is 9.21 Å². The van der Waals surface area contributed by atoms with Crippen molar-refractivity contribution in [3.05, 3.63) is 95.6 Å². The number of hydrogen-bond acceptors (Lipinski definition) is 3. The molecule has 1 heterocycles. The third-order valence-corrected chi connectivity index (χ3v) is 6.93. The third kappa shape index (κ3) is 3.65. The zero-order valence-corrected chi connectivity index (χ0v) is 17.0. The van der Waals surface area contributed by atoms with Crippen molar-refractivity contribution >= 4 is 15.7 Å². The van der Waals surface area contributed by atoms with E-state index >= 15 is 0 Å². The van der Waals surface area contributed by atoms with Crippen LogP contribution in [0.4, 0.5) is 5.69 Å². The molecule has 0 aromatic heterocycles. The smallest absolute Gasteiger partial charge is 0.263 e. The maximum atomic E-state index is 13.5. The molecule has 0 aliphatic carbocycles. The van der Waals surface area contributed by atoms with Crippen LogP contribution in [-0.2, 0) is 16.6 Å². The average molecular weight is 403 g/mol. The standard InChI is InChI=1S/C24H22N2O2S/c1-3-23-22-11-7-8-12-24(22)26(18-25(23)17-20-9-5-4-6-10-20)29(27,28)21-15-13-19(2)14-16-21/h1,4-16,23H,17-18H2,2H3/t23-/m0/s1. The summed E-state index contributed by atoms with van der Waals surface area (Å²) in [6, 6.07) is 24.1. The lowest BCUT2D eigenvalue weighted by molar-refractivity contribution is 0.226.